The number of carbonyl (C=O) groups excluding carboxylic acids is 1. The standard InChI is InChI=1S/C11H10BrNO2S/c1-15-11(14)9(13)8-5-6-3-2-4-7(12)10(6)16-8/h2-5,9H,13H2,1H3. The SMILES string of the molecule is COC(=O)C(N)c1cc2cccc(Br)c2s1. The minimum absolute atomic E-state index is 0.414. The molecule has 5 heteroatoms. The van der Waals surface area contributed by atoms with Gasteiger partial charge in [-0.25, -0.2) is 4.79 Å². The van der Waals surface area contributed by atoms with Crippen LogP contribution in [0.5, 0.6) is 0 Å². The van der Waals surface area contributed by atoms with Crippen molar-refractivity contribution in [2.24, 2.45) is 5.73 Å². The number of hydrogen-bond donors (Lipinski definition) is 1. The Labute approximate surface area is 105 Å². The van der Waals surface area contributed by atoms with Crippen molar-refractivity contribution >= 4 is 43.3 Å². The first-order valence-electron chi connectivity index (χ1n) is 4.65. The fourth-order valence-electron chi connectivity index (χ4n) is 1.44. The molecule has 0 saturated heterocycles. The van der Waals surface area contributed by atoms with Crippen LogP contribution in [0.25, 0.3) is 10.1 Å². The predicted octanol–water partition coefficient (Wildman–Crippen LogP) is 2.84. The van der Waals surface area contributed by atoms with E-state index in [1.165, 1.54) is 18.4 Å². The van der Waals surface area contributed by atoms with Crippen molar-refractivity contribution in [1.82, 2.24) is 0 Å². The van der Waals surface area contributed by atoms with Gasteiger partial charge in [0.1, 0.15) is 6.04 Å². The Morgan fingerprint density at radius 3 is 2.94 bits per heavy atom. The quantitative estimate of drug-likeness (QED) is 0.868. The minimum Gasteiger partial charge on any atom is -0.468 e. The first kappa shape index (κ1) is 11.6. The third-order valence-corrected chi connectivity index (χ3v) is 4.47. The maximum Gasteiger partial charge on any atom is 0.328 e. The molecule has 0 aliphatic carbocycles. The molecule has 1 atom stereocenters. The van der Waals surface area contributed by atoms with Crippen LogP contribution in [0, 0.1) is 0 Å². The lowest BCUT2D eigenvalue weighted by Crippen LogP contribution is -2.21. The van der Waals surface area contributed by atoms with Gasteiger partial charge in [0.2, 0.25) is 0 Å². The molecule has 0 saturated carbocycles. The molecule has 0 bridgehead atoms. The van der Waals surface area contributed by atoms with Crippen LogP contribution in [-0.2, 0) is 9.53 Å². The topological polar surface area (TPSA) is 52.3 Å². The van der Waals surface area contributed by atoms with Crippen LogP contribution in [0.2, 0.25) is 0 Å². The van der Waals surface area contributed by atoms with Crippen molar-refractivity contribution in [2.75, 3.05) is 7.11 Å². The van der Waals surface area contributed by atoms with Crippen molar-refractivity contribution < 1.29 is 9.53 Å². The van der Waals surface area contributed by atoms with E-state index in [1.807, 2.05) is 24.3 Å². The monoisotopic (exact) mass is 299 g/mol. The lowest BCUT2D eigenvalue weighted by Gasteiger charge is -2.05. The number of carbonyl (C=O) groups is 1. The molecule has 1 aromatic carbocycles. The number of methoxy groups -OCH3 is 1. The van der Waals surface area contributed by atoms with Crippen LogP contribution < -0.4 is 5.73 Å². The van der Waals surface area contributed by atoms with E-state index in [2.05, 4.69) is 20.7 Å². The molecular weight excluding hydrogens is 290 g/mol. The molecule has 0 fully saturated rings. The van der Waals surface area contributed by atoms with E-state index in [9.17, 15) is 4.79 Å². The Bertz CT molecular complexity index is 538. The molecule has 84 valence electrons. The maximum atomic E-state index is 11.3. The minimum atomic E-state index is -0.700. The van der Waals surface area contributed by atoms with Crippen molar-refractivity contribution in [2.45, 2.75) is 6.04 Å². The average molecular weight is 300 g/mol. The summed E-state index contributed by atoms with van der Waals surface area (Å²) in [6.45, 7) is 0. The Morgan fingerprint density at radius 2 is 2.31 bits per heavy atom. The molecule has 0 spiro atoms. The number of ether oxygens (including phenoxy) is 1. The first-order chi connectivity index (χ1) is 7.63. The predicted molar refractivity (Wildman–Crippen MR) is 68.5 cm³/mol. The molecule has 2 N–H and O–H groups in total. The third-order valence-electron chi connectivity index (χ3n) is 2.28. The van der Waals surface area contributed by atoms with Crippen molar-refractivity contribution in [3.63, 3.8) is 0 Å². The molecule has 2 rings (SSSR count). The van der Waals surface area contributed by atoms with Gasteiger partial charge in [0.25, 0.3) is 0 Å². The largest absolute Gasteiger partial charge is 0.468 e. The molecule has 0 amide bonds. The highest BCUT2D eigenvalue weighted by atomic mass is 79.9. The zero-order chi connectivity index (χ0) is 11.7. The molecule has 0 aliphatic heterocycles. The summed E-state index contributed by atoms with van der Waals surface area (Å²) < 4.78 is 6.73. The van der Waals surface area contributed by atoms with E-state index >= 15 is 0 Å². The van der Waals surface area contributed by atoms with Crippen molar-refractivity contribution in [1.29, 1.82) is 0 Å². The second-order valence-corrected chi connectivity index (χ2v) is 5.25. The van der Waals surface area contributed by atoms with Crippen molar-refractivity contribution in [3.05, 3.63) is 33.6 Å². The fraction of sp³-hybridized carbons (Fsp3) is 0.182. The van der Waals surface area contributed by atoms with Gasteiger partial charge in [0.05, 0.1) is 7.11 Å². The summed E-state index contributed by atoms with van der Waals surface area (Å²) in [6.07, 6.45) is 0. The number of thiophene rings is 1. The van der Waals surface area contributed by atoms with Gasteiger partial charge in [-0.15, -0.1) is 11.3 Å². The summed E-state index contributed by atoms with van der Waals surface area (Å²) in [5.74, 6) is -0.414. The summed E-state index contributed by atoms with van der Waals surface area (Å²) in [4.78, 5) is 12.1. The molecule has 1 heterocycles. The number of esters is 1. The maximum absolute atomic E-state index is 11.3. The molecule has 3 nitrogen and oxygen atoms in total. The van der Waals surface area contributed by atoms with Crippen LogP contribution in [0.1, 0.15) is 10.9 Å². The summed E-state index contributed by atoms with van der Waals surface area (Å²) >= 11 is 4.97. The van der Waals surface area contributed by atoms with Gasteiger partial charge in [0, 0.05) is 14.0 Å². The van der Waals surface area contributed by atoms with Gasteiger partial charge in [-0.05, 0) is 33.4 Å². The van der Waals surface area contributed by atoms with Crippen molar-refractivity contribution in [3.8, 4) is 0 Å². The van der Waals surface area contributed by atoms with Gasteiger partial charge in [-0.2, -0.15) is 0 Å². The Kier molecular flexibility index (Phi) is 3.28. The van der Waals surface area contributed by atoms with Crippen LogP contribution in [0.15, 0.2) is 28.7 Å². The van der Waals surface area contributed by atoms with E-state index in [-0.39, 0.29) is 0 Å². The molecule has 1 unspecified atom stereocenters. The van der Waals surface area contributed by atoms with E-state index in [1.54, 1.807) is 0 Å². The molecule has 2 aromatic rings. The summed E-state index contributed by atoms with van der Waals surface area (Å²) in [7, 11) is 1.34. The van der Waals surface area contributed by atoms with Gasteiger partial charge in [-0.3, -0.25) is 0 Å². The Morgan fingerprint density at radius 1 is 1.56 bits per heavy atom. The van der Waals surface area contributed by atoms with Crippen LogP contribution in [0.4, 0.5) is 0 Å². The number of benzene rings is 1. The van der Waals surface area contributed by atoms with Gasteiger partial charge in [0.15, 0.2) is 0 Å². The zero-order valence-electron chi connectivity index (χ0n) is 8.57. The van der Waals surface area contributed by atoms with E-state index in [0.29, 0.717) is 0 Å². The van der Waals surface area contributed by atoms with Gasteiger partial charge < -0.3 is 10.5 Å². The highest BCUT2D eigenvalue weighted by molar-refractivity contribution is 9.10. The fourth-order valence-corrected chi connectivity index (χ4v) is 3.12. The molecule has 1 aromatic heterocycles. The van der Waals surface area contributed by atoms with E-state index in [0.717, 1.165) is 19.4 Å². The third kappa shape index (κ3) is 1.98. The average Bonchev–Trinajstić information content (AvgIpc) is 2.72. The highest BCUT2D eigenvalue weighted by Gasteiger charge is 2.19. The van der Waals surface area contributed by atoms with Gasteiger partial charge in [-0.1, -0.05) is 12.1 Å². The lowest BCUT2D eigenvalue weighted by molar-refractivity contribution is -0.142. The summed E-state index contributed by atoms with van der Waals surface area (Å²) in [6, 6.07) is 7.13. The molecule has 16 heavy (non-hydrogen) atoms. The Balaban J connectivity index is 2.47. The lowest BCUT2D eigenvalue weighted by atomic mass is 10.2. The molecular formula is C11H10BrNO2S. The summed E-state index contributed by atoms with van der Waals surface area (Å²) in [5, 5.41) is 1.08. The van der Waals surface area contributed by atoms with E-state index < -0.39 is 12.0 Å². The van der Waals surface area contributed by atoms with Crippen LogP contribution in [-0.4, -0.2) is 13.1 Å². The number of fused-ring (bicyclic) bond motifs is 1. The van der Waals surface area contributed by atoms with Crippen LogP contribution >= 0.6 is 27.3 Å². The highest BCUT2D eigenvalue weighted by Crippen LogP contribution is 2.34. The number of nitrogens with two attached hydrogens (primary N) is 1. The first-order valence-corrected chi connectivity index (χ1v) is 6.26. The number of rotatable bonds is 2. The van der Waals surface area contributed by atoms with Gasteiger partial charge >= 0.3 is 5.97 Å². The molecule has 0 radical (unpaired) electrons. The van der Waals surface area contributed by atoms with E-state index in [4.69, 9.17) is 5.73 Å². The normalized spacial score (nSPS) is 12.7. The summed E-state index contributed by atoms with van der Waals surface area (Å²) in [5.41, 5.74) is 5.78. The van der Waals surface area contributed by atoms with Crippen LogP contribution in [0.3, 0.4) is 0 Å². The second kappa shape index (κ2) is 4.53. The Hall–Kier alpha value is -0.910. The smallest absolute Gasteiger partial charge is 0.328 e. The number of halogens is 1. The number of hydrogen-bond acceptors (Lipinski definition) is 4. The second-order valence-electron chi connectivity index (χ2n) is 3.31. The zero-order valence-corrected chi connectivity index (χ0v) is 11.0. The molecule has 0 aliphatic rings.